The van der Waals surface area contributed by atoms with E-state index in [1.807, 2.05) is 0 Å². The molecule has 0 amide bonds. The molecule has 1 aromatic heterocycles. The van der Waals surface area contributed by atoms with Gasteiger partial charge >= 0.3 is 0 Å². The van der Waals surface area contributed by atoms with E-state index in [0.29, 0.717) is 0 Å². The summed E-state index contributed by atoms with van der Waals surface area (Å²) in [5.74, 6) is 1.96. The van der Waals surface area contributed by atoms with Gasteiger partial charge in [0, 0.05) is 6.54 Å². The standard InChI is InChI=1S/C13H25N3/c1-4-6-8-9-12-13(14)16(10-7-5-2)11(3)15-12/h4-10,14H2,1-3H3. The van der Waals surface area contributed by atoms with Crippen molar-refractivity contribution < 1.29 is 0 Å². The van der Waals surface area contributed by atoms with Crippen LogP contribution in [0, 0.1) is 6.92 Å². The molecule has 0 radical (unpaired) electrons. The molecular formula is C13H25N3. The molecule has 0 unspecified atom stereocenters. The summed E-state index contributed by atoms with van der Waals surface area (Å²) >= 11 is 0. The van der Waals surface area contributed by atoms with Crippen LogP contribution in [-0.2, 0) is 13.0 Å². The van der Waals surface area contributed by atoms with Crippen molar-refractivity contribution in [1.29, 1.82) is 0 Å². The first kappa shape index (κ1) is 13.1. The second-order valence-corrected chi connectivity index (χ2v) is 4.45. The molecule has 3 heteroatoms. The summed E-state index contributed by atoms with van der Waals surface area (Å²) in [6, 6.07) is 0. The smallest absolute Gasteiger partial charge is 0.126 e. The second kappa shape index (κ2) is 6.56. The Hall–Kier alpha value is -0.990. The van der Waals surface area contributed by atoms with Crippen molar-refractivity contribution in [2.75, 3.05) is 5.73 Å². The van der Waals surface area contributed by atoms with Gasteiger partial charge in [0.25, 0.3) is 0 Å². The Morgan fingerprint density at radius 3 is 2.44 bits per heavy atom. The third kappa shape index (κ3) is 3.26. The molecule has 0 atom stereocenters. The van der Waals surface area contributed by atoms with Crippen LogP contribution < -0.4 is 5.73 Å². The number of aromatic nitrogens is 2. The van der Waals surface area contributed by atoms with Gasteiger partial charge in [-0.3, -0.25) is 0 Å². The van der Waals surface area contributed by atoms with Crippen molar-refractivity contribution in [3.8, 4) is 0 Å². The average Bonchev–Trinajstić information content (AvgIpc) is 2.53. The molecule has 0 saturated heterocycles. The largest absolute Gasteiger partial charge is 0.384 e. The van der Waals surface area contributed by atoms with Gasteiger partial charge in [0.2, 0.25) is 0 Å². The number of hydrogen-bond acceptors (Lipinski definition) is 2. The van der Waals surface area contributed by atoms with Crippen LogP contribution in [0.5, 0.6) is 0 Å². The van der Waals surface area contributed by atoms with E-state index in [9.17, 15) is 0 Å². The van der Waals surface area contributed by atoms with Gasteiger partial charge in [0.05, 0.1) is 5.69 Å². The van der Waals surface area contributed by atoms with Gasteiger partial charge in [0.1, 0.15) is 11.6 Å². The fourth-order valence-electron chi connectivity index (χ4n) is 1.97. The molecule has 16 heavy (non-hydrogen) atoms. The zero-order valence-corrected chi connectivity index (χ0v) is 10.9. The van der Waals surface area contributed by atoms with E-state index >= 15 is 0 Å². The number of anilines is 1. The zero-order valence-electron chi connectivity index (χ0n) is 10.9. The van der Waals surface area contributed by atoms with E-state index < -0.39 is 0 Å². The molecule has 0 aliphatic heterocycles. The average molecular weight is 223 g/mol. The summed E-state index contributed by atoms with van der Waals surface area (Å²) in [5, 5.41) is 0. The van der Waals surface area contributed by atoms with E-state index in [1.165, 1.54) is 32.1 Å². The number of aryl methyl sites for hydroxylation is 2. The van der Waals surface area contributed by atoms with Crippen LogP contribution in [0.25, 0.3) is 0 Å². The minimum absolute atomic E-state index is 0.891. The number of nitrogens with two attached hydrogens (primary N) is 1. The highest BCUT2D eigenvalue weighted by Crippen LogP contribution is 2.17. The van der Waals surface area contributed by atoms with E-state index in [4.69, 9.17) is 5.73 Å². The fourth-order valence-corrected chi connectivity index (χ4v) is 1.97. The third-order valence-electron chi connectivity index (χ3n) is 3.03. The lowest BCUT2D eigenvalue weighted by atomic mass is 10.1. The van der Waals surface area contributed by atoms with Gasteiger partial charge in [-0.05, 0) is 26.2 Å². The van der Waals surface area contributed by atoms with Gasteiger partial charge < -0.3 is 10.3 Å². The Labute approximate surface area is 99.1 Å². The quantitative estimate of drug-likeness (QED) is 0.721. The monoisotopic (exact) mass is 223 g/mol. The summed E-state index contributed by atoms with van der Waals surface area (Å²) < 4.78 is 2.16. The molecule has 3 nitrogen and oxygen atoms in total. The van der Waals surface area contributed by atoms with Crippen LogP contribution in [0.15, 0.2) is 0 Å². The Kier molecular flexibility index (Phi) is 5.36. The van der Waals surface area contributed by atoms with Crippen molar-refractivity contribution in [2.24, 2.45) is 0 Å². The van der Waals surface area contributed by atoms with Gasteiger partial charge in [0.15, 0.2) is 0 Å². The number of hydrogen-bond donors (Lipinski definition) is 1. The van der Waals surface area contributed by atoms with Crippen LogP contribution in [0.4, 0.5) is 5.82 Å². The molecule has 0 aromatic carbocycles. The van der Waals surface area contributed by atoms with Crippen LogP contribution >= 0.6 is 0 Å². The molecule has 2 N–H and O–H groups in total. The predicted octanol–water partition coefficient (Wildman–Crippen LogP) is 3.31. The highest BCUT2D eigenvalue weighted by Gasteiger charge is 2.10. The first-order valence-corrected chi connectivity index (χ1v) is 6.52. The van der Waals surface area contributed by atoms with Crippen LogP contribution in [-0.4, -0.2) is 9.55 Å². The topological polar surface area (TPSA) is 43.8 Å². The van der Waals surface area contributed by atoms with Crippen LogP contribution in [0.3, 0.4) is 0 Å². The normalized spacial score (nSPS) is 10.9. The van der Waals surface area contributed by atoms with E-state index in [0.717, 1.165) is 30.3 Å². The summed E-state index contributed by atoms with van der Waals surface area (Å²) in [6.45, 7) is 7.48. The molecule has 0 fully saturated rings. The lowest BCUT2D eigenvalue weighted by Crippen LogP contribution is -2.05. The molecule has 0 bridgehead atoms. The van der Waals surface area contributed by atoms with Crippen molar-refractivity contribution >= 4 is 5.82 Å². The van der Waals surface area contributed by atoms with Gasteiger partial charge in [-0.15, -0.1) is 0 Å². The van der Waals surface area contributed by atoms with Crippen molar-refractivity contribution in [1.82, 2.24) is 9.55 Å². The Morgan fingerprint density at radius 2 is 1.81 bits per heavy atom. The van der Waals surface area contributed by atoms with E-state index in [-0.39, 0.29) is 0 Å². The molecule has 0 aliphatic carbocycles. The minimum Gasteiger partial charge on any atom is -0.384 e. The Balaban J connectivity index is 2.64. The SMILES string of the molecule is CCCCCc1nc(C)n(CCCC)c1N. The Morgan fingerprint density at radius 1 is 1.12 bits per heavy atom. The molecule has 0 aliphatic rings. The minimum atomic E-state index is 0.891. The third-order valence-corrected chi connectivity index (χ3v) is 3.03. The van der Waals surface area contributed by atoms with Crippen LogP contribution in [0.1, 0.15) is 57.5 Å². The van der Waals surface area contributed by atoms with Gasteiger partial charge in [-0.1, -0.05) is 33.1 Å². The number of unbranched alkanes of at least 4 members (excludes halogenated alkanes) is 3. The van der Waals surface area contributed by atoms with Crippen molar-refractivity contribution in [2.45, 2.75) is 65.8 Å². The molecular weight excluding hydrogens is 198 g/mol. The lowest BCUT2D eigenvalue weighted by Gasteiger charge is -2.06. The second-order valence-electron chi connectivity index (χ2n) is 4.45. The summed E-state index contributed by atoms with van der Waals surface area (Å²) in [5.41, 5.74) is 7.23. The van der Waals surface area contributed by atoms with Crippen molar-refractivity contribution in [3.63, 3.8) is 0 Å². The molecule has 0 saturated carbocycles. The maximum Gasteiger partial charge on any atom is 0.126 e. The highest BCUT2D eigenvalue weighted by atomic mass is 15.1. The molecule has 92 valence electrons. The number of rotatable bonds is 7. The van der Waals surface area contributed by atoms with E-state index in [2.05, 4.69) is 30.3 Å². The maximum atomic E-state index is 6.13. The number of nitrogen functional groups attached to an aromatic ring is 1. The fraction of sp³-hybridized carbons (Fsp3) is 0.769. The highest BCUT2D eigenvalue weighted by molar-refractivity contribution is 5.38. The molecule has 1 aromatic rings. The first-order chi connectivity index (χ1) is 7.70. The van der Waals surface area contributed by atoms with Crippen LogP contribution in [0.2, 0.25) is 0 Å². The maximum absolute atomic E-state index is 6.13. The first-order valence-electron chi connectivity index (χ1n) is 6.52. The Bertz CT molecular complexity index is 315. The predicted molar refractivity (Wildman–Crippen MR) is 69.5 cm³/mol. The summed E-state index contributed by atoms with van der Waals surface area (Å²) in [6.07, 6.45) is 7.11. The molecule has 0 spiro atoms. The number of imidazole rings is 1. The number of nitrogens with zero attached hydrogens (tertiary/aromatic N) is 2. The summed E-state index contributed by atoms with van der Waals surface area (Å²) in [7, 11) is 0. The summed E-state index contributed by atoms with van der Waals surface area (Å²) in [4.78, 5) is 4.57. The lowest BCUT2D eigenvalue weighted by molar-refractivity contribution is 0.622. The van der Waals surface area contributed by atoms with Crippen molar-refractivity contribution in [3.05, 3.63) is 11.5 Å². The zero-order chi connectivity index (χ0) is 12.0. The molecule has 1 heterocycles. The van der Waals surface area contributed by atoms with Gasteiger partial charge in [-0.25, -0.2) is 4.98 Å². The van der Waals surface area contributed by atoms with E-state index in [1.54, 1.807) is 0 Å². The van der Waals surface area contributed by atoms with Gasteiger partial charge in [-0.2, -0.15) is 0 Å². The molecule has 1 rings (SSSR count).